The standard InChI is InChI=1S/C33H38ClN3O.C2H6/c1-2-22-11-14-25(15-12-22)36-19-7-8-24(21-36)23-13-16-26-29(20-23)37-28-10-6-9-27(34)30(28)31(38)35-32(37)33(26)17-4-3-5-18-33;1-2/h2,6,9-10,13,16,20,22,24-25H,1,3-5,7-8,11-12,14-15,17-19,21H2;1-2H3. The maximum absolute atomic E-state index is 13.3. The fraction of sp³-hybridized carbons (Fsp3) is 0.543. The van der Waals surface area contributed by atoms with Crippen molar-refractivity contribution in [3.8, 4) is 5.69 Å². The van der Waals surface area contributed by atoms with Crippen molar-refractivity contribution >= 4 is 22.5 Å². The van der Waals surface area contributed by atoms with Gasteiger partial charge in [-0.1, -0.05) is 69.0 Å². The highest BCUT2D eigenvalue weighted by molar-refractivity contribution is 6.35. The lowest BCUT2D eigenvalue weighted by atomic mass is 9.69. The zero-order valence-corrected chi connectivity index (χ0v) is 25.1. The van der Waals surface area contributed by atoms with Crippen LogP contribution < -0.4 is 5.56 Å². The molecule has 5 heteroatoms. The molecule has 0 bridgehead atoms. The Balaban J connectivity index is 0.00000142. The Morgan fingerprint density at radius 1 is 1.00 bits per heavy atom. The van der Waals surface area contributed by atoms with Crippen LogP contribution >= 0.6 is 11.6 Å². The quantitative estimate of drug-likeness (QED) is 0.303. The topological polar surface area (TPSA) is 38.1 Å². The predicted molar refractivity (Wildman–Crippen MR) is 167 cm³/mol. The molecule has 0 radical (unpaired) electrons. The van der Waals surface area contributed by atoms with Gasteiger partial charge in [0.1, 0.15) is 5.82 Å². The highest BCUT2D eigenvalue weighted by atomic mass is 35.5. The molecule has 2 saturated carbocycles. The summed E-state index contributed by atoms with van der Waals surface area (Å²) in [6.07, 6.45) is 15.6. The minimum absolute atomic E-state index is 0.163. The van der Waals surface area contributed by atoms with E-state index in [0.717, 1.165) is 36.8 Å². The number of likely N-dealkylation sites (tertiary alicyclic amines) is 1. The molecule has 4 aliphatic rings. The third kappa shape index (κ3) is 4.56. The van der Waals surface area contributed by atoms with Gasteiger partial charge in [0, 0.05) is 12.6 Å². The van der Waals surface area contributed by atoms with E-state index in [1.165, 1.54) is 81.1 Å². The van der Waals surface area contributed by atoms with E-state index in [0.29, 0.717) is 22.2 Å². The summed E-state index contributed by atoms with van der Waals surface area (Å²) in [5.74, 6) is 2.19. The van der Waals surface area contributed by atoms with Gasteiger partial charge in [-0.05, 0) is 99.1 Å². The van der Waals surface area contributed by atoms with Gasteiger partial charge in [-0.3, -0.25) is 14.3 Å². The van der Waals surface area contributed by atoms with Gasteiger partial charge in [0.2, 0.25) is 0 Å². The first-order chi connectivity index (χ1) is 19.6. The molecule has 2 aromatic carbocycles. The van der Waals surface area contributed by atoms with Crippen molar-refractivity contribution in [1.82, 2.24) is 14.5 Å². The SMILES string of the molecule is C=CC1CCC(N2CCCC(c3ccc4c(c3)-n3c(nc(=O)c5c(Cl)cccc53)C43CCCCC3)C2)CC1.CC. The molecule has 3 aromatic rings. The minimum atomic E-state index is -0.191. The van der Waals surface area contributed by atoms with Crippen LogP contribution in [0.5, 0.6) is 0 Å². The van der Waals surface area contributed by atoms with E-state index < -0.39 is 0 Å². The summed E-state index contributed by atoms with van der Waals surface area (Å²) in [6, 6.07) is 13.8. The predicted octanol–water partition coefficient (Wildman–Crippen LogP) is 8.55. The molecule has 212 valence electrons. The van der Waals surface area contributed by atoms with Crippen molar-refractivity contribution in [3.05, 3.63) is 81.4 Å². The van der Waals surface area contributed by atoms with Crippen LogP contribution in [-0.2, 0) is 5.41 Å². The molecule has 4 nitrogen and oxygen atoms in total. The fourth-order valence-corrected chi connectivity index (χ4v) is 8.52. The van der Waals surface area contributed by atoms with Crippen LogP contribution in [0.15, 0.2) is 53.8 Å². The Morgan fingerprint density at radius 3 is 2.52 bits per heavy atom. The summed E-state index contributed by atoms with van der Waals surface area (Å²) in [4.78, 5) is 20.8. The zero-order chi connectivity index (χ0) is 27.9. The summed E-state index contributed by atoms with van der Waals surface area (Å²) < 4.78 is 2.30. The first-order valence-corrected chi connectivity index (χ1v) is 16.2. The number of halogens is 1. The van der Waals surface area contributed by atoms with Gasteiger partial charge in [-0.15, -0.1) is 6.58 Å². The van der Waals surface area contributed by atoms with Crippen LogP contribution in [0.1, 0.15) is 107 Å². The smallest absolute Gasteiger partial charge is 0.282 e. The highest BCUT2D eigenvalue weighted by Gasteiger charge is 2.46. The average Bonchev–Trinajstić information content (AvgIpc) is 3.26. The third-order valence-electron chi connectivity index (χ3n) is 10.3. The number of nitrogens with zero attached hydrogens (tertiary/aromatic N) is 3. The van der Waals surface area contributed by atoms with Gasteiger partial charge in [-0.25, -0.2) is 0 Å². The summed E-state index contributed by atoms with van der Waals surface area (Å²) in [5.41, 5.74) is 4.56. The van der Waals surface area contributed by atoms with Crippen LogP contribution in [0.4, 0.5) is 0 Å². The van der Waals surface area contributed by atoms with Crippen LogP contribution in [0.3, 0.4) is 0 Å². The number of piperidine rings is 1. The van der Waals surface area contributed by atoms with Crippen LogP contribution in [0, 0.1) is 5.92 Å². The van der Waals surface area contributed by atoms with E-state index in [9.17, 15) is 4.79 Å². The maximum atomic E-state index is 13.3. The lowest BCUT2D eigenvalue weighted by Gasteiger charge is -2.41. The molecule has 1 unspecified atom stereocenters. The molecule has 1 saturated heterocycles. The summed E-state index contributed by atoms with van der Waals surface area (Å²) >= 11 is 6.57. The molecule has 1 atom stereocenters. The van der Waals surface area contributed by atoms with E-state index in [1.54, 1.807) is 0 Å². The van der Waals surface area contributed by atoms with Crippen LogP contribution in [-0.4, -0.2) is 33.6 Å². The van der Waals surface area contributed by atoms with Gasteiger partial charge in [0.25, 0.3) is 5.56 Å². The first-order valence-electron chi connectivity index (χ1n) is 15.8. The Labute approximate surface area is 244 Å². The maximum Gasteiger partial charge on any atom is 0.282 e. The number of aromatic nitrogens is 2. The second-order valence-electron chi connectivity index (χ2n) is 12.3. The molecule has 2 aliphatic heterocycles. The molecule has 7 rings (SSSR count). The summed E-state index contributed by atoms with van der Waals surface area (Å²) in [5, 5.41) is 1.03. The normalized spacial score (nSPS) is 25.6. The number of hydrogen-bond donors (Lipinski definition) is 0. The summed E-state index contributed by atoms with van der Waals surface area (Å²) in [7, 11) is 0. The van der Waals surface area contributed by atoms with Crippen molar-refractivity contribution in [1.29, 1.82) is 0 Å². The molecule has 0 N–H and O–H groups in total. The van der Waals surface area contributed by atoms with Gasteiger partial charge in [0.15, 0.2) is 0 Å². The van der Waals surface area contributed by atoms with Gasteiger partial charge in [0.05, 0.1) is 27.0 Å². The number of hydrogen-bond acceptors (Lipinski definition) is 3. The second-order valence-corrected chi connectivity index (χ2v) is 12.7. The second kappa shape index (κ2) is 11.4. The number of rotatable bonds is 3. The van der Waals surface area contributed by atoms with Gasteiger partial charge >= 0.3 is 0 Å². The van der Waals surface area contributed by atoms with E-state index in [2.05, 4.69) is 40.3 Å². The number of allylic oxidation sites excluding steroid dienone is 1. The zero-order valence-electron chi connectivity index (χ0n) is 24.3. The lowest BCUT2D eigenvalue weighted by molar-refractivity contribution is 0.111. The average molecular weight is 558 g/mol. The Hall–Kier alpha value is -2.43. The van der Waals surface area contributed by atoms with Gasteiger partial charge < -0.3 is 0 Å². The minimum Gasteiger partial charge on any atom is -0.300 e. The van der Waals surface area contributed by atoms with E-state index in [-0.39, 0.29) is 11.0 Å². The van der Waals surface area contributed by atoms with E-state index in [1.807, 2.05) is 32.0 Å². The molecule has 1 spiro atoms. The fourth-order valence-electron chi connectivity index (χ4n) is 8.27. The van der Waals surface area contributed by atoms with Crippen molar-refractivity contribution in [2.75, 3.05) is 13.1 Å². The Morgan fingerprint density at radius 2 is 1.77 bits per heavy atom. The largest absolute Gasteiger partial charge is 0.300 e. The van der Waals surface area contributed by atoms with Crippen LogP contribution in [0.2, 0.25) is 5.02 Å². The Kier molecular flexibility index (Phi) is 7.94. The van der Waals surface area contributed by atoms with Crippen molar-refractivity contribution in [2.24, 2.45) is 5.92 Å². The summed E-state index contributed by atoms with van der Waals surface area (Å²) in [6.45, 7) is 10.4. The van der Waals surface area contributed by atoms with Crippen LogP contribution in [0.25, 0.3) is 16.6 Å². The molecule has 0 amide bonds. The number of benzene rings is 2. The first kappa shape index (κ1) is 27.7. The molecular weight excluding hydrogens is 514 g/mol. The molecule has 2 aliphatic carbocycles. The van der Waals surface area contributed by atoms with Crippen molar-refractivity contribution < 1.29 is 0 Å². The highest BCUT2D eigenvalue weighted by Crippen LogP contribution is 2.52. The van der Waals surface area contributed by atoms with Gasteiger partial charge in [-0.2, -0.15) is 4.98 Å². The molecular formula is C35H44ClN3O. The van der Waals surface area contributed by atoms with E-state index >= 15 is 0 Å². The molecule has 1 aromatic heterocycles. The molecule has 40 heavy (non-hydrogen) atoms. The monoisotopic (exact) mass is 557 g/mol. The van der Waals surface area contributed by atoms with E-state index in [4.69, 9.17) is 16.6 Å². The van der Waals surface area contributed by atoms with Crippen molar-refractivity contribution in [2.45, 2.75) is 102 Å². The lowest BCUT2D eigenvalue weighted by Crippen LogP contribution is -2.43. The number of fused-ring (bicyclic) bond motifs is 7. The Bertz CT molecular complexity index is 1450. The van der Waals surface area contributed by atoms with Crippen molar-refractivity contribution in [3.63, 3.8) is 0 Å². The third-order valence-corrected chi connectivity index (χ3v) is 10.6. The molecule has 3 fully saturated rings. The molecule has 3 heterocycles.